The highest BCUT2D eigenvalue weighted by Crippen LogP contribution is 2.43. The zero-order valence-corrected chi connectivity index (χ0v) is 16.5. The Morgan fingerprint density at radius 2 is 1.76 bits per heavy atom. The van der Waals surface area contributed by atoms with E-state index in [-0.39, 0.29) is 11.3 Å². The molecule has 2 aromatic heterocycles. The molecule has 0 N–H and O–H groups in total. The fourth-order valence-corrected chi connectivity index (χ4v) is 4.72. The lowest BCUT2D eigenvalue weighted by Gasteiger charge is -2.22. The summed E-state index contributed by atoms with van der Waals surface area (Å²) in [6.07, 6.45) is 3.69. The van der Waals surface area contributed by atoms with Crippen LogP contribution in [0.3, 0.4) is 0 Å². The Labute approximate surface area is 173 Å². The van der Waals surface area contributed by atoms with Crippen LogP contribution in [0.4, 0.5) is 0 Å². The van der Waals surface area contributed by atoms with Gasteiger partial charge in [0.15, 0.2) is 0 Å². The summed E-state index contributed by atoms with van der Waals surface area (Å²) >= 11 is 1.61. The maximum atomic E-state index is 12.6. The molecule has 1 atom stereocenters. The molecule has 6 heteroatoms. The molecule has 1 aliphatic heterocycles. The molecule has 1 fully saturated rings. The van der Waals surface area contributed by atoms with Crippen LogP contribution in [0.25, 0.3) is 16.8 Å². The highest BCUT2D eigenvalue weighted by molar-refractivity contribution is 8.00. The third kappa shape index (κ3) is 3.47. The Bertz CT molecular complexity index is 1110. The summed E-state index contributed by atoms with van der Waals surface area (Å²) in [4.78, 5) is 14.5. The lowest BCUT2D eigenvalue weighted by atomic mass is 10.1. The van der Waals surface area contributed by atoms with Gasteiger partial charge in [-0.1, -0.05) is 48.5 Å². The van der Waals surface area contributed by atoms with Gasteiger partial charge in [-0.3, -0.25) is 4.79 Å². The molecule has 0 bridgehead atoms. The third-order valence-corrected chi connectivity index (χ3v) is 6.16. The van der Waals surface area contributed by atoms with Crippen molar-refractivity contribution in [1.82, 2.24) is 14.7 Å². The molecule has 1 amide bonds. The number of hydrogen-bond acceptors (Lipinski definition) is 4. The second-order valence-electron chi connectivity index (χ2n) is 6.84. The minimum atomic E-state index is -0.159. The van der Waals surface area contributed by atoms with E-state index in [9.17, 15) is 4.79 Å². The average molecular weight is 401 g/mol. The second-order valence-corrected chi connectivity index (χ2v) is 7.91. The normalized spacial score (nSPS) is 16.5. The molecule has 4 aromatic rings. The van der Waals surface area contributed by atoms with E-state index < -0.39 is 0 Å². The van der Waals surface area contributed by atoms with Gasteiger partial charge in [-0.15, -0.1) is 11.8 Å². The molecule has 5 nitrogen and oxygen atoms in total. The van der Waals surface area contributed by atoms with E-state index in [0.717, 1.165) is 28.3 Å². The van der Waals surface area contributed by atoms with Crippen molar-refractivity contribution in [2.75, 3.05) is 5.75 Å². The van der Waals surface area contributed by atoms with Gasteiger partial charge in [0, 0.05) is 11.8 Å². The summed E-state index contributed by atoms with van der Waals surface area (Å²) in [5, 5.41) is 4.76. The molecule has 0 saturated carbocycles. The molecular formula is C23H19N3O2S. The SMILES string of the molecule is O=C1CSC(c2nn(-c3ccccc3)cc2-c2ccccc2)N1Cc1ccco1. The van der Waals surface area contributed by atoms with Crippen molar-refractivity contribution >= 4 is 17.7 Å². The van der Waals surface area contributed by atoms with E-state index in [1.165, 1.54) is 0 Å². The number of rotatable bonds is 5. The van der Waals surface area contributed by atoms with Crippen LogP contribution in [0.15, 0.2) is 89.7 Å². The van der Waals surface area contributed by atoms with Crippen LogP contribution in [0.1, 0.15) is 16.8 Å². The van der Waals surface area contributed by atoms with Crippen molar-refractivity contribution in [3.8, 4) is 16.8 Å². The molecule has 1 aliphatic rings. The molecule has 3 heterocycles. The van der Waals surface area contributed by atoms with Gasteiger partial charge >= 0.3 is 0 Å². The highest BCUT2D eigenvalue weighted by Gasteiger charge is 2.36. The van der Waals surface area contributed by atoms with Crippen molar-refractivity contribution in [1.29, 1.82) is 0 Å². The van der Waals surface area contributed by atoms with E-state index in [1.54, 1.807) is 18.0 Å². The smallest absolute Gasteiger partial charge is 0.234 e. The van der Waals surface area contributed by atoms with Crippen molar-refractivity contribution in [3.05, 3.63) is 96.7 Å². The number of hydrogen-bond donors (Lipinski definition) is 0. The largest absolute Gasteiger partial charge is 0.467 e. The van der Waals surface area contributed by atoms with Crippen LogP contribution < -0.4 is 0 Å². The number of aromatic nitrogens is 2. The zero-order valence-electron chi connectivity index (χ0n) is 15.6. The van der Waals surface area contributed by atoms with Gasteiger partial charge in [0.05, 0.1) is 24.2 Å². The quantitative estimate of drug-likeness (QED) is 0.477. The van der Waals surface area contributed by atoms with Crippen LogP contribution in [0.2, 0.25) is 0 Å². The lowest BCUT2D eigenvalue weighted by molar-refractivity contribution is -0.128. The highest BCUT2D eigenvalue weighted by atomic mass is 32.2. The van der Waals surface area contributed by atoms with Gasteiger partial charge in [0.25, 0.3) is 0 Å². The van der Waals surface area contributed by atoms with Crippen LogP contribution in [-0.2, 0) is 11.3 Å². The minimum absolute atomic E-state index is 0.102. The number of thioether (sulfide) groups is 1. The van der Waals surface area contributed by atoms with E-state index in [2.05, 4.69) is 18.3 Å². The van der Waals surface area contributed by atoms with E-state index in [0.29, 0.717) is 12.3 Å². The Hall–Kier alpha value is -3.25. The topological polar surface area (TPSA) is 51.3 Å². The summed E-state index contributed by atoms with van der Waals surface area (Å²) in [5.41, 5.74) is 4.00. The van der Waals surface area contributed by atoms with Crippen molar-refractivity contribution < 1.29 is 9.21 Å². The first-order valence-electron chi connectivity index (χ1n) is 9.43. The van der Waals surface area contributed by atoms with Crippen molar-refractivity contribution in [3.63, 3.8) is 0 Å². The molecule has 144 valence electrons. The van der Waals surface area contributed by atoms with Gasteiger partial charge in [-0.25, -0.2) is 4.68 Å². The van der Waals surface area contributed by atoms with Gasteiger partial charge in [0.2, 0.25) is 5.91 Å². The van der Waals surface area contributed by atoms with E-state index in [1.807, 2.05) is 70.2 Å². The predicted octanol–water partition coefficient (Wildman–Crippen LogP) is 4.91. The third-order valence-electron chi connectivity index (χ3n) is 4.96. The van der Waals surface area contributed by atoms with Crippen molar-refractivity contribution in [2.24, 2.45) is 0 Å². The van der Waals surface area contributed by atoms with Crippen LogP contribution in [-0.4, -0.2) is 26.3 Å². The van der Waals surface area contributed by atoms with E-state index >= 15 is 0 Å². The summed E-state index contributed by atoms with van der Waals surface area (Å²) in [7, 11) is 0. The van der Waals surface area contributed by atoms with Crippen LogP contribution in [0, 0.1) is 0 Å². The molecule has 2 aromatic carbocycles. The Morgan fingerprint density at radius 3 is 2.48 bits per heavy atom. The maximum absolute atomic E-state index is 12.6. The Balaban J connectivity index is 1.59. The summed E-state index contributed by atoms with van der Waals surface area (Å²) in [5.74, 6) is 1.32. The molecule has 0 aliphatic carbocycles. The number of carbonyl (C=O) groups is 1. The summed E-state index contributed by atoms with van der Waals surface area (Å²) in [6, 6.07) is 24.0. The fourth-order valence-electron chi connectivity index (χ4n) is 3.54. The lowest BCUT2D eigenvalue weighted by Crippen LogP contribution is -2.28. The summed E-state index contributed by atoms with van der Waals surface area (Å²) in [6.45, 7) is 0.440. The molecule has 1 unspecified atom stereocenters. The first-order chi connectivity index (χ1) is 14.3. The van der Waals surface area contributed by atoms with Crippen molar-refractivity contribution in [2.45, 2.75) is 11.9 Å². The molecule has 0 radical (unpaired) electrons. The standard InChI is InChI=1S/C23H19N3O2S/c27-21-16-29-23(25(21)14-19-12-7-13-28-19)22-20(17-8-3-1-4-9-17)15-26(24-22)18-10-5-2-6-11-18/h1-13,15,23H,14,16H2. The van der Waals surface area contributed by atoms with Gasteiger partial charge in [-0.05, 0) is 29.8 Å². The summed E-state index contributed by atoms with van der Waals surface area (Å²) < 4.78 is 7.38. The fraction of sp³-hybridized carbons (Fsp3) is 0.130. The van der Waals surface area contributed by atoms with Crippen LogP contribution >= 0.6 is 11.8 Å². The molecule has 0 spiro atoms. The molecule has 29 heavy (non-hydrogen) atoms. The molecule has 1 saturated heterocycles. The number of carbonyl (C=O) groups excluding carboxylic acids is 1. The molecular weight excluding hydrogens is 382 g/mol. The van der Waals surface area contributed by atoms with Crippen LogP contribution in [0.5, 0.6) is 0 Å². The minimum Gasteiger partial charge on any atom is -0.467 e. The number of para-hydroxylation sites is 1. The predicted molar refractivity (Wildman–Crippen MR) is 113 cm³/mol. The molecule has 5 rings (SSSR count). The zero-order chi connectivity index (χ0) is 19.6. The number of amides is 1. The van der Waals surface area contributed by atoms with Gasteiger partial charge in [0.1, 0.15) is 16.8 Å². The monoisotopic (exact) mass is 401 g/mol. The number of furan rings is 1. The Morgan fingerprint density at radius 1 is 1.00 bits per heavy atom. The first-order valence-corrected chi connectivity index (χ1v) is 10.5. The first kappa shape index (κ1) is 17.8. The maximum Gasteiger partial charge on any atom is 0.234 e. The number of benzene rings is 2. The van der Waals surface area contributed by atoms with E-state index in [4.69, 9.17) is 9.52 Å². The number of nitrogens with zero attached hydrogens (tertiary/aromatic N) is 3. The van der Waals surface area contributed by atoms with Gasteiger partial charge in [-0.2, -0.15) is 5.10 Å². The average Bonchev–Trinajstić information content (AvgIpc) is 3.51. The second kappa shape index (κ2) is 7.64. The van der Waals surface area contributed by atoms with Gasteiger partial charge < -0.3 is 9.32 Å². The Kier molecular flexibility index (Phi) is 4.69.